The second-order valence-corrected chi connectivity index (χ2v) is 9.23. The maximum atomic E-state index is 12.4. The van der Waals surface area contributed by atoms with Crippen molar-refractivity contribution in [3.63, 3.8) is 0 Å². The number of nitrogens with one attached hydrogen (secondary N) is 1. The molecule has 0 amide bonds. The molecule has 0 aromatic heterocycles. The number of halogens is 1. The SMILES string of the molecule is CCNC(=NCCCS(=O)(=O)c1ccccc1)N1CCC(OCCCOC)CC1.I. The molecule has 0 aliphatic carbocycles. The summed E-state index contributed by atoms with van der Waals surface area (Å²) < 4.78 is 35.7. The Bertz CT molecular complexity index is 708. The van der Waals surface area contributed by atoms with Crippen LogP contribution in [0.3, 0.4) is 0 Å². The molecule has 0 saturated carbocycles. The summed E-state index contributed by atoms with van der Waals surface area (Å²) in [7, 11) is -1.54. The number of ether oxygens (including phenoxy) is 2. The average molecular weight is 554 g/mol. The Labute approximate surface area is 198 Å². The Hall–Kier alpha value is -0.910. The summed E-state index contributed by atoms with van der Waals surface area (Å²) in [6, 6.07) is 8.60. The second kappa shape index (κ2) is 15.0. The summed E-state index contributed by atoms with van der Waals surface area (Å²) in [4.78, 5) is 7.27. The van der Waals surface area contributed by atoms with Gasteiger partial charge in [0.15, 0.2) is 15.8 Å². The molecule has 0 atom stereocenters. The summed E-state index contributed by atoms with van der Waals surface area (Å²) in [5.41, 5.74) is 0. The third-order valence-electron chi connectivity index (χ3n) is 4.86. The standard InChI is InChI=1S/C21H35N3O4S.HI/c1-3-22-21(24-14-11-19(12-15-24)28-17-8-16-27-2)23-13-7-18-29(25,26)20-9-5-4-6-10-20;/h4-6,9-10,19H,3,7-8,11-18H2,1-2H3,(H,22,23);1H. The van der Waals surface area contributed by atoms with E-state index in [1.54, 1.807) is 31.4 Å². The minimum Gasteiger partial charge on any atom is -0.385 e. The van der Waals surface area contributed by atoms with Crippen LogP contribution in [-0.2, 0) is 19.3 Å². The lowest BCUT2D eigenvalue weighted by Crippen LogP contribution is -2.47. The fraction of sp³-hybridized carbons (Fsp3) is 0.667. The van der Waals surface area contributed by atoms with Gasteiger partial charge in [0.25, 0.3) is 0 Å². The van der Waals surface area contributed by atoms with Crippen LogP contribution in [0.5, 0.6) is 0 Å². The topological polar surface area (TPSA) is 80.2 Å². The number of nitrogens with zero attached hydrogens (tertiary/aromatic N) is 2. The molecule has 0 spiro atoms. The third-order valence-corrected chi connectivity index (χ3v) is 6.67. The van der Waals surface area contributed by atoms with Crippen LogP contribution in [0, 0.1) is 0 Å². The highest BCUT2D eigenvalue weighted by Crippen LogP contribution is 2.15. The lowest BCUT2D eigenvalue weighted by Gasteiger charge is -2.34. The molecule has 0 unspecified atom stereocenters. The third kappa shape index (κ3) is 9.49. The lowest BCUT2D eigenvalue weighted by atomic mass is 10.1. The van der Waals surface area contributed by atoms with Crippen molar-refractivity contribution in [3.8, 4) is 0 Å². The number of guanidine groups is 1. The van der Waals surface area contributed by atoms with E-state index < -0.39 is 9.84 Å². The summed E-state index contributed by atoms with van der Waals surface area (Å²) in [6.07, 6.45) is 3.67. The van der Waals surface area contributed by atoms with Gasteiger partial charge in [-0.1, -0.05) is 18.2 Å². The number of methoxy groups -OCH3 is 1. The van der Waals surface area contributed by atoms with Crippen LogP contribution in [0.2, 0.25) is 0 Å². The van der Waals surface area contributed by atoms with E-state index in [2.05, 4.69) is 15.2 Å². The second-order valence-electron chi connectivity index (χ2n) is 7.12. The summed E-state index contributed by atoms with van der Waals surface area (Å²) in [5.74, 6) is 0.972. The number of hydrogen-bond donors (Lipinski definition) is 1. The number of piperidine rings is 1. The Balaban J connectivity index is 0.00000450. The Morgan fingerprint density at radius 2 is 1.87 bits per heavy atom. The zero-order valence-electron chi connectivity index (χ0n) is 18.1. The van der Waals surface area contributed by atoms with E-state index in [4.69, 9.17) is 9.47 Å². The Morgan fingerprint density at radius 3 is 2.50 bits per heavy atom. The zero-order chi connectivity index (χ0) is 21.0. The molecule has 1 aromatic rings. The molecule has 9 heteroatoms. The van der Waals surface area contributed by atoms with Crippen LogP contribution in [-0.4, -0.2) is 77.6 Å². The smallest absolute Gasteiger partial charge is 0.193 e. The van der Waals surface area contributed by atoms with E-state index in [0.29, 0.717) is 24.0 Å². The largest absolute Gasteiger partial charge is 0.385 e. The van der Waals surface area contributed by atoms with E-state index in [9.17, 15) is 8.42 Å². The van der Waals surface area contributed by atoms with Gasteiger partial charge < -0.3 is 19.7 Å². The van der Waals surface area contributed by atoms with Gasteiger partial charge in [0, 0.05) is 46.5 Å². The fourth-order valence-electron chi connectivity index (χ4n) is 3.30. The molecule has 1 aliphatic heterocycles. The van der Waals surface area contributed by atoms with E-state index in [1.165, 1.54) is 0 Å². The van der Waals surface area contributed by atoms with Crippen LogP contribution in [0.4, 0.5) is 0 Å². The predicted octanol–water partition coefficient (Wildman–Crippen LogP) is 2.95. The van der Waals surface area contributed by atoms with Gasteiger partial charge in [0.05, 0.1) is 16.8 Å². The summed E-state index contributed by atoms with van der Waals surface area (Å²) in [6.45, 7) is 6.57. The molecule has 30 heavy (non-hydrogen) atoms. The van der Waals surface area contributed by atoms with Crippen molar-refractivity contribution >= 4 is 39.8 Å². The first kappa shape index (κ1) is 27.1. The van der Waals surface area contributed by atoms with Crippen molar-refractivity contribution in [1.29, 1.82) is 0 Å². The molecule has 1 heterocycles. The van der Waals surface area contributed by atoms with Crippen LogP contribution in [0.15, 0.2) is 40.2 Å². The first-order valence-electron chi connectivity index (χ1n) is 10.5. The van der Waals surface area contributed by atoms with Gasteiger partial charge in [0.1, 0.15) is 0 Å². The first-order chi connectivity index (χ1) is 14.1. The molecular formula is C21H36IN3O4S. The molecule has 0 radical (unpaired) electrons. The minimum absolute atomic E-state index is 0. The number of likely N-dealkylation sites (tertiary alicyclic amines) is 1. The highest BCUT2D eigenvalue weighted by atomic mass is 127. The van der Waals surface area contributed by atoms with Gasteiger partial charge in [-0.05, 0) is 44.7 Å². The number of rotatable bonds is 11. The van der Waals surface area contributed by atoms with Gasteiger partial charge in [-0.25, -0.2) is 8.42 Å². The number of hydrogen-bond acceptors (Lipinski definition) is 5. The maximum absolute atomic E-state index is 12.4. The number of sulfone groups is 1. The summed E-state index contributed by atoms with van der Waals surface area (Å²) in [5, 5.41) is 3.33. The molecule has 1 aliphatic rings. The molecule has 0 bridgehead atoms. The van der Waals surface area contributed by atoms with Crippen LogP contribution in [0.1, 0.15) is 32.6 Å². The van der Waals surface area contributed by atoms with Crippen molar-refractivity contribution in [2.45, 2.75) is 43.6 Å². The van der Waals surface area contributed by atoms with Crippen molar-refractivity contribution in [2.24, 2.45) is 4.99 Å². The molecular weight excluding hydrogens is 517 g/mol. The van der Waals surface area contributed by atoms with Crippen LogP contribution in [0.25, 0.3) is 0 Å². The highest BCUT2D eigenvalue weighted by molar-refractivity contribution is 14.0. The van der Waals surface area contributed by atoms with E-state index in [1.807, 2.05) is 13.0 Å². The predicted molar refractivity (Wildman–Crippen MR) is 132 cm³/mol. The quantitative estimate of drug-likeness (QED) is 0.197. The van der Waals surface area contributed by atoms with Gasteiger partial charge in [-0.2, -0.15) is 0 Å². The molecule has 1 N–H and O–H groups in total. The van der Waals surface area contributed by atoms with E-state index in [0.717, 1.165) is 58.1 Å². The molecule has 1 aromatic carbocycles. The van der Waals surface area contributed by atoms with Crippen LogP contribution < -0.4 is 5.32 Å². The van der Waals surface area contributed by atoms with Crippen LogP contribution >= 0.6 is 24.0 Å². The van der Waals surface area contributed by atoms with Crippen molar-refractivity contribution < 1.29 is 17.9 Å². The van der Waals surface area contributed by atoms with Crippen molar-refractivity contribution in [3.05, 3.63) is 30.3 Å². The molecule has 1 fully saturated rings. The molecule has 1 saturated heterocycles. The normalized spacial score (nSPS) is 15.7. The molecule has 7 nitrogen and oxygen atoms in total. The van der Waals surface area contributed by atoms with Gasteiger partial charge >= 0.3 is 0 Å². The fourth-order valence-corrected chi connectivity index (χ4v) is 4.62. The van der Waals surface area contributed by atoms with Gasteiger partial charge in [-0.15, -0.1) is 24.0 Å². The van der Waals surface area contributed by atoms with Gasteiger partial charge in [-0.3, -0.25) is 4.99 Å². The zero-order valence-corrected chi connectivity index (χ0v) is 21.2. The number of aliphatic imine (C=N–C) groups is 1. The lowest BCUT2D eigenvalue weighted by molar-refractivity contribution is 0.00990. The monoisotopic (exact) mass is 553 g/mol. The average Bonchev–Trinajstić information content (AvgIpc) is 2.74. The van der Waals surface area contributed by atoms with Gasteiger partial charge in [0.2, 0.25) is 0 Å². The highest BCUT2D eigenvalue weighted by Gasteiger charge is 2.22. The maximum Gasteiger partial charge on any atom is 0.193 e. The minimum atomic E-state index is -3.24. The van der Waals surface area contributed by atoms with Crippen molar-refractivity contribution in [2.75, 3.05) is 52.3 Å². The Kier molecular flexibility index (Phi) is 13.5. The first-order valence-corrected chi connectivity index (χ1v) is 12.1. The number of benzene rings is 1. The Morgan fingerprint density at radius 1 is 1.17 bits per heavy atom. The molecule has 172 valence electrons. The molecule has 2 rings (SSSR count). The van der Waals surface area contributed by atoms with E-state index in [-0.39, 0.29) is 29.7 Å². The van der Waals surface area contributed by atoms with E-state index >= 15 is 0 Å². The van der Waals surface area contributed by atoms with Crippen molar-refractivity contribution in [1.82, 2.24) is 10.2 Å². The summed E-state index contributed by atoms with van der Waals surface area (Å²) >= 11 is 0.